The molecule has 2 aromatic rings. The van der Waals surface area contributed by atoms with Crippen molar-refractivity contribution in [2.24, 2.45) is 17.8 Å². The number of benzene rings is 1. The average molecular weight is 608 g/mol. The second kappa shape index (κ2) is 14.4. The van der Waals surface area contributed by atoms with Gasteiger partial charge in [0.05, 0.1) is 19.9 Å². The van der Waals surface area contributed by atoms with Gasteiger partial charge in [-0.2, -0.15) is 0 Å². The molecule has 44 heavy (non-hydrogen) atoms. The number of rotatable bonds is 10. The zero-order valence-electron chi connectivity index (χ0n) is 25.9. The predicted octanol–water partition coefficient (Wildman–Crippen LogP) is 2.80. The topological polar surface area (TPSA) is 148 Å². The number of methoxy groups -OCH3 is 1. The van der Waals surface area contributed by atoms with Crippen LogP contribution in [0.4, 0.5) is 4.79 Å². The molecule has 2 aliphatic rings. The number of hydrogen-bond acceptors (Lipinski definition) is 9. The lowest BCUT2D eigenvalue weighted by atomic mass is 9.88. The Kier molecular flexibility index (Phi) is 10.7. The van der Waals surface area contributed by atoms with Crippen molar-refractivity contribution in [1.82, 2.24) is 25.1 Å². The smallest absolute Gasteiger partial charge is 0.410 e. The Bertz CT molecular complexity index is 1370. The van der Waals surface area contributed by atoms with Crippen LogP contribution in [0.25, 0.3) is 0 Å². The van der Waals surface area contributed by atoms with Crippen molar-refractivity contribution in [3.05, 3.63) is 59.7 Å². The number of ether oxygens (including phenoxy) is 2. The van der Waals surface area contributed by atoms with E-state index in [0.717, 1.165) is 5.56 Å². The molecule has 3 heterocycles. The molecule has 1 N–H and O–H groups in total. The molecule has 1 saturated heterocycles. The summed E-state index contributed by atoms with van der Waals surface area (Å²) in [7, 11) is 1.23. The molecule has 2 aliphatic heterocycles. The SMILES string of the molecule is COC(=O)C1CC(OC(=O)N2CCc3ccccc3C2)CN1C(=O)[C@@H](NC(=O)[C@@H](CC(=O)c1cnccn1)C(C)C)C(C)C. The Labute approximate surface area is 257 Å². The number of likely N-dealkylation sites (tertiary alicyclic amines) is 1. The third-order valence-corrected chi connectivity index (χ3v) is 8.30. The molecular formula is C32H41N5O7. The Morgan fingerprint density at radius 2 is 1.75 bits per heavy atom. The van der Waals surface area contributed by atoms with Crippen LogP contribution >= 0.6 is 0 Å². The van der Waals surface area contributed by atoms with Crippen LogP contribution in [0.2, 0.25) is 0 Å². The molecule has 0 saturated carbocycles. The molecule has 0 aliphatic carbocycles. The maximum absolute atomic E-state index is 13.9. The first-order valence-electron chi connectivity index (χ1n) is 15.0. The Balaban J connectivity index is 1.45. The van der Waals surface area contributed by atoms with Gasteiger partial charge in [0.25, 0.3) is 0 Å². The number of Topliss-reactive ketones (excluding diaryl/α,β-unsaturated/α-hetero) is 1. The third kappa shape index (κ3) is 7.59. The largest absolute Gasteiger partial charge is 0.467 e. The molecule has 4 atom stereocenters. The van der Waals surface area contributed by atoms with Gasteiger partial charge in [0.15, 0.2) is 5.78 Å². The summed E-state index contributed by atoms with van der Waals surface area (Å²) in [4.78, 5) is 77.0. The molecular weight excluding hydrogens is 566 g/mol. The maximum Gasteiger partial charge on any atom is 0.410 e. The lowest BCUT2D eigenvalue weighted by molar-refractivity contribution is -0.152. The van der Waals surface area contributed by atoms with E-state index in [2.05, 4.69) is 15.3 Å². The maximum atomic E-state index is 13.9. The van der Waals surface area contributed by atoms with E-state index in [1.807, 2.05) is 38.1 Å². The van der Waals surface area contributed by atoms with Gasteiger partial charge in [-0.3, -0.25) is 19.4 Å². The average Bonchev–Trinajstić information content (AvgIpc) is 3.45. The minimum atomic E-state index is -0.990. The van der Waals surface area contributed by atoms with Crippen molar-refractivity contribution < 1.29 is 33.4 Å². The van der Waals surface area contributed by atoms with E-state index in [9.17, 15) is 24.0 Å². The van der Waals surface area contributed by atoms with E-state index >= 15 is 0 Å². The quantitative estimate of drug-likeness (QED) is 0.318. The Hall–Kier alpha value is -4.35. The van der Waals surface area contributed by atoms with E-state index in [1.165, 1.54) is 36.2 Å². The van der Waals surface area contributed by atoms with Gasteiger partial charge in [-0.25, -0.2) is 14.6 Å². The van der Waals surface area contributed by atoms with Crippen LogP contribution in [0.3, 0.4) is 0 Å². The molecule has 1 fully saturated rings. The van der Waals surface area contributed by atoms with Gasteiger partial charge in [0.1, 0.15) is 23.9 Å². The van der Waals surface area contributed by atoms with Crippen LogP contribution in [-0.2, 0) is 36.8 Å². The lowest BCUT2D eigenvalue weighted by Gasteiger charge is -2.31. The molecule has 3 amide bonds. The molecule has 0 radical (unpaired) electrons. The lowest BCUT2D eigenvalue weighted by Crippen LogP contribution is -2.55. The first kappa shape index (κ1) is 32.6. The van der Waals surface area contributed by atoms with E-state index in [4.69, 9.17) is 9.47 Å². The van der Waals surface area contributed by atoms with E-state index in [0.29, 0.717) is 19.5 Å². The van der Waals surface area contributed by atoms with Gasteiger partial charge in [-0.05, 0) is 29.4 Å². The molecule has 1 aromatic carbocycles. The van der Waals surface area contributed by atoms with Crippen LogP contribution in [0.15, 0.2) is 42.9 Å². The number of hydrogen-bond donors (Lipinski definition) is 1. The van der Waals surface area contributed by atoms with Gasteiger partial charge in [0, 0.05) is 44.2 Å². The number of aromatic nitrogens is 2. The molecule has 1 aromatic heterocycles. The predicted molar refractivity (Wildman–Crippen MR) is 159 cm³/mol. The zero-order chi connectivity index (χ0) is 32.0. The van der Waals surface area contributed by atoms with Gasteiger partial charge in [-0.1, -0.05) is 52.0 Å². The van der Waals surface area contributed by atoms with Gasteiger partial charge in [-0.15, -0.1) is 0 Å². The summed E-state index contributed by atoms with van der Waals surface area (Å²) in [6.07, 6.45) is 3.67. The van der Waals surface area contributed by atoms with Crippen LogP contribution < -0.4 is 5.32 Å². The summed E-state index contributed by atoms with van der Waals surface area (Å²) >= 11 is 0. The molecule has 12 heteroatoms. The minimum Gasteiger partial charge on any atom is -0.467 e. The molecule has 0 bridgehead atoms. The fourth-order valence-corrected chi connectivity index (χ4v) is 5.69. The first-order valence-corrected chi connectivity index (χ1v) is 15.0. The van der Waals surface area contributed by atoms with E-state index in [1.54, 1.807) is 18.7 Å². The van der Waals surface area contributed by atoms with Crippen molar-refractivity contribution in [3.8, 4) is 0 Å². The summed E-state index contributed by atoms with van der Waals surface area (Å²) in [5.74, 6) is -3.18. The number of ketones is 1. The van der Waals surface area contributed by atoms with Gasteiger partial charge < -0.3 is 24.6 Å². The number of carbonyl (C=O) groups excluding carboxylic acids is 5. The van der Waals surface area contributed by atoms with E-state index < -0.39 is 48.0 Å². The number of amides is 3. The Morgan fingerprint density at radius 1 is 1.02 bits per heavy atom. The standard InChI is InChI=1S/C32H41N5O7/c1-19(2)24(15-27(38)25-16-33-11-12-34-25)29(39)35-28(20(3)4)30(40)37-18-23(14-26(37)31(41)43-5)44-32(42)36-13-10-21-8-6-7-9-22(21)17-36/h6-9,11-12,16,19-20,23-24,26,28H,10,13-15,17-18H2,1-5H3,(H,35,39)/t23?,24-,26?,28-/m0/s1. The van der Waals surface area contributed by atoms with Crippen molar-refractivity contribution in [2.45, 2.75) is 71.7 Å². The second-order valence-electron chi connectivity index (χ2n) is 12.0. The highest BCUT2D eigenvalue weighted by Gasteiger charge is 2.45. The minimum absolute atomic E-state index is 0.0212. The molecule has 4 rings (SSSR count). The molecule has 236 valence electrons. The zero-order valence-corrected chi connectivity index (χ0v) is 25.9. The van der Waals surface area contributed by atoms with Crippen LogP contribution in [0.5, 0.6) is 0 Å². The second-order valence-corrected chi connectivity index (χ2v) is 12.0. The number of nitrogens with zero attached hydrogens (tertiary/aromatic N) is 4. The summed E-state index contributed by atoms with van der Waals surface area (Å²) in [5.41, 5.74) is 2.41. The van der Waals surface area contributed by atoms with E-state index in [-0.39, 0.29) is 42.7 Å². The van der Waals surface area contributed by atoms with Crippen molar-refractivity contribution in [1.29, 1.82) is 0 Å². The number of carbonyl (C=O) groups is 5. The fraction of sp³-hybridized carbons (Fsp3) is 0.531. The van der Waals surface area contributed by atoms with Crippen LogP contribution in [-0.4, -0.2) is 87.8 Å². The van der Waals surface area contributed by atoms with Gasteiger partial charge in [0.2, 0.25) is 11.8 Å². The van der Waals surface area contributed by atoms with Crippen LogP contribution in [0, 0.1) is 17.8 Å². The normalized spacial score (nSPS) is 19.2. The van der Waals surface area contributed by atoms with Crippen molar-refractivity contribution in [2.75, 3.05) is 20.2 Å². The summed E-state index contributed by atoms with van der Waals surface area (Å²) in [5, 5.41) is 2.84. The molecule has 12 nitrogen and oxygen atoms in total. The van der Waals surface area contributed by atoms with Gasteiger partial charge >= 0.3 is 12.1 Å². The van der Waals surface area contributed by atoms with Crippen molar-refractivity contribution >= 4 is 29.7 Å². The summed E-state index contributed by atoms with van der Waals surface area (Å²) in [6, 6.07) is 5.95. The number of esters is 1. The first-order chi connectivity index (χ1) is 21.0. The number of nitrogens with one attached hydrogen (secondary N) is 1. The summed E-state index contributed by atoms with van der Waals surface area (Å²) in [6.45, 7) is 8.13. The number of fused-ring (bicyclic) bond motifs is 1. The highest BCUT2D eigenvalue weighted by molar-refractivity contribution is 5.98. The summed E-state index contributed by atoms with van der Waals surface area (Å²) < 4.78 is 10.8. The van der Waals surface area contributed by atoms with Crippen LogP contribution in [0.1, 0.15) is 62.2 Å². The highest BCUT2D eigenvalue weighted by Crippen LogP contribution is 2.27. The fourth-order valence-electron chi connectivity index (χ4n) is 5.69. The monoisotopic (exact) mass is 607 g/mol. The van der Waals surface area contributed by atoms with Crippen molar-refractivity contribution in [3.63, 3.8) is 0 Å². The molecule has 0 spiro atoms. The molecule has 2 unspecified atom stereocenters. The third-order valence-electron chi connectivity index (χ3n) is 8.30. The Morgan fingerprint density at radius 3 is 2.39 bits per heavy atom. The highest BCUT2D eigenvalue weighted by atomic mass is 16.6.